The Morgan fingerprint density at radius 1 is 1.67 bits per heavy atom. The predicted octanol–water partition coefficient (Wildman–Crippen LogP) is 1.90. The molecule has 2 rings (SSSR count). The highest BCUT2D eigenvalue weighted by Gasteiger charge is 2.33. The number of carbonyl (C=O) groups is 1. The average Bonchev–Trinajstić information content (AvgIpc) is 2.69. The topological polar surface area (TPSA) is 55.6 Å². The van der Waals surface area contributed by atoms with Crippen molar-refractivity contribution in [3.05, 3.63) is 17.8 Å². The molecule has 0 saturated heterocycles. The van der Waals surface area contributed by atoms with E-state index in [-0.39, 0.29) is 12.0 Å². The lowest BCUT2D eigenvalue weighted by molar-refractivity contribution is -0.148. The van der Waals surface area contributed by atoms with Gasteiger partial charge in [0, 0.05) is 6.04 Å². The first kappa shape index (κ1) is 13.1. The van der Waals surface area contributed by atoms with Crippen LogP contribution in [0.1, 0.15) is 37.8 Å². The standard InChI is InChI=1S/C13H20N2O3/c1-9-7-14-12(18-9)8-15(11-5-4-6-11)10(2)13(16)17-3/h7,10-11H,4-6,8H2,1-3H3/t10-/m0/s1. The molecular weight excluding hydrogens is 232 g/mol. The number of hydrogen-bond donors (Lipinski definition) is 0. The summed E-state index contributed by atoms with van der Waals surface area (Å²) >= 11 is 0. The van der Waals surface area contributed by atoms with Crippen LogP contribution in [0.15, 0.2) is 10.6 Å². The van der Waals surface area contributed by atoms with Gasteiger partial charge in [0.1, 0.15) is 11.8 Å². The lowest BCUT2D eigenvalue weighted by Gasteiger charge is -2.39. The number of aromatic nitrogens is 1. The molecule has 1 aliphatic rings. The largest absolute Gasteiger partial charge is 0.468 e. The van der Waals surface area contributed by atoms with Crippen LogP contribution >= 0.6 is 0 Å². The highest BCUT2D eigenvalue weighted by Crippen LogP contribution is 2.28. The molecule has 1 atom stereocenters. The van der Waals surface area contributed by atoms with E-state index in [1.54, 1.807) is 6.20 Å². The van der Waals surface area contributed by atoms with Crippen molar-refractivity contribution in [3.63, 3.8) is 0 Å². The van der Waals surface area contributed by atoms with Gasteiger partial charge in [0.15, 0.2) is 0 Å². The molecule has 18 heavy (non-hydrogen) atoms. The third-order valence-corrected chi connectivity index (χ3v) is 3.57. The summed E-state index contributed by atoms with van der Waals surface area (Å²) in [5, 5.41) is 0. The van der Waals surface area contributed by atoms with Gasteiger partial charge in [-0.15, -0.1) is 0 Å². The van der Waals surface area contributed by atoms with Gasteiger partial charge >= 0.3 is 5.97 Å². The normalized spacial score (nSPS) is 17.6. The third kappa shape index (κ3) is 2.72. The number of aryl methyl sites for hydroxylation is 1. The summed E-state index contributed by atoms with van der Waals surface area (Å²) < 4.78 is 10.3. The second-order valence-electron chi connectivity index (χ2n) is 4.82. The molecule has 0 radical (unpaired) electrons. The van der Waals surface area contributed by atoms with Crippen molar-refractivity contribution < 1.29 is 13.9 Å². The number of nitrogens with zero attached hydrogens (tertiary/aromatic N) is 2. The molecule has 100 valence electrons. The van der Waals surface area contributed by atoms with Crippen LogP contribution in [0.5, 0.6) is 0 Å². The van der Waals surface area contributed by atoms with Crippen molar-refractivity contribution in [2.75, 3.05) is 7.11 Å². The predicted molar refractivity (Wildman–Crippen MR) is 65.9 cm³/mol. The van der Waals surface area contributed by atoms with Gasteiger partial charge in [0.05, 0.1) is 19.9 Å². The van der Waals surface area contributed by atoms with E-state index in [0.29, 0.717) is 18.5 Å². The summed E-state index contributed by atoms with van der Waals surface area (Å²) in [5.74, 6) is 1.25. The molecule has 0 amide bonds. The number of methoxy groups -OCH3 is 1. The van der Waals surface area contributed by atoms with Crippen molar-refractivity contribution in [3.8, 4) is 0 Å². The smallest absolute Gasteiger partial charge is 0.322 e. The Morgan fingerprint density at radius 2 is 2.39 bits per heavy atom. The minimum atomic E-state index is -0.257. The summed E-state index contributed by atoms with van der Waals surface area (Å²) in [4.78, 5) is 18.0. The average molecular weight is 252 g/mol. The molecule has 1 aromatic rings. The number of carbonyl (C=O) groups excluding carboxylic acids is 1. The quantitative estimate of drug-likeness (QED) is 0.749. The van der Waals surface area contributed by atoms with Crippen LogP contribution in [-0.2, 0) is 16.1 Å². The Bertz CT molecular complexity index is 412. The molecular formula is C13H20N2O3. The van der Waals surface area contributed by atoms with E-state index >= 15 is 0 Å². The van der Waals surface area contributed by atoms with E-state index in [9.17, 15) is 4.79 Å². The van der Waals surface area contributed by atoms with Crippen molar-refractivity contribution in [1.82, 2.24) is 9.88 Å². The SMILES string of the molecule is COC(=O)[C@H](C)N(Cc1ncc(C)o1)C1CCC1. The van der Waals surface area contributed by atoms with Gasteiger partial charge in [-0.3, -0.25) is 9.69 Å². The molecule has 0 aliphatic heterocycles. The minimum absolute atomic E-state index is 0.204. The first-order valence-electron chi connectivity index (χ1n) is 6.36. The zero-order chi connectivity index (χ0) is 13.1. The van der Waals surface area contributed by atoms with Gasteiger partial charge in [-0.05, 0) is 26.7 Å². The first-order valence-corrected chi connectivity index (χ1v) is 6.36. The highest BCUT2D eigenvalue weighted by molar-refractivity contribution is 5.75. The molecule has 1 aliphatic carbocycles. The maximum Gasteiger partial charge on any atom is 0.322 e. The molecule has 5 heteroatoms. The molecule has 0 bridgehead atoms. The van der Waals surface area contributed by atoms with Crippen molar-refractivity contribution >= 4 is 5.97 Å². The Morgan fingerprint density at radius 3 is 2.83 bits per heavy atom. The Balaban J connectivity index is 2.07. The second kappa shape index (κ2) is 5.52. The number of esters is 1. The Labute approximate surface area is 107 Å². The number of ether oxygens (including phenoxy) is 1. The maximum atomic E-state index is 11.7. The van der Waals surface area contributed by atoms with E-state index in [0.717, 1.165) is 18.6 Å². The Hall–Kier alpha value is -1.36. The van der Waals surface area contributed by atoms with Crippen molar-refractivity contribution in [2.45, 2.75) is 51.7 Å². The first-order chi connectivity index (χ1) is 8.61. The number of oxazole rings is 1. The van der Waals surface area contributed by atoms with E-state index in [2.05, 4.69) is 9.88 Å². The van der Waals surface area contributed by atoms with Crippen LogP contribution in [-0.4, -0.2) is 35.0 Å². The van der Waals surface area contributed by atoms with Crippen LogP contribution < -0.4 is 0 Å². The summed E-state index contributed by atoms with van der Waals surface area (Å²) in [6.45, 7) is 4.31. The van der Waals surface area contributed by atoms with E-state index in [4.69, 9.17) is 9.15 Å². The second-order valence-corrected chi connectivity index (χ2v) is 4.82. The van der Waals surface area contributed by atoms with Crippen LogP contribution in [0.3, 0.4) is 0 Å². The van der Waals surface area contributed by atoms with E-state index in [1.807, 2.05) is 13.8 Å². The van der Waals surface area contributed by atoms with Gasteiger partial charge < -0.3 is 9.15 Å². The zero-order valence-electron chi connectivity index (χ0n) is 11.2. The molecule has 0 unspecified atom stereocenters. The van der Waals surface area contributed by atoms with Gasteiger partial charge in [-0.1, -0.05) is 6.42 Å². The van der Waals surface area contributed by atoms with Crippen molar-refractivity contribution in [1.29, 1.82) is 0 Å². The molecule has 0 N–H and O–H groups in total. The fourth-order valence-corrected chi connectivity index (χ4v) is 2.24. The third-order valence-electron chi connectivity index (χ3n) is 3.57. The summed E-state index contributed by atoms with van der Waals surface area (Å²) in [7, 11) is 1.42. The van der Waals surface area contributed by atoms with E-state index < -0.39 is 0 Å². The van der Waals surface area contributed by atoms with Gasteiger partial charge in [0.25, 0.3) is 0 Å². The lowest BCUT2D eigenvalue weighted by atomic mass is 9.90. The Kier molecular flexibility index (Phi) is 4.01. The molecule has 1 saturated carbocycles. The van der Waals surface area contributed by atoms with Crippen LogP contribution in [0, 0.1) is 6.92 Å². The molecule has 1 aromatic heterocycles. The van der Waals surface area contributed by atoms with E-state index in [1.165, 1.54) is 13.5 Å². The van der Waals surface area contributed by atoms with Gasteiger partial charge in [0.2, 0.25) is 5.89 Å². The van der Waals surface area contributed by atoms with Crippen LogP contribution in [0.2, 0.25) is 0 Å². The zero-order valence-corrected chi connectivity index (χ0v) is 11.2. The monoisotopic (exact) mass is 252 g/mol. The fraction of sp³-hybridized carbons (Fsp3) is 0.692. The summed E-state index contributed by atoms with van der Waals surface area (Å²) in [6.07, 6.45) is 5.18. The van der Waals surface area contributed by atoms with Crippen LogP contribution in [0.4, 0.5) is 0 Å². The maximum absolute atomic E-state index is 11.7. The fourth-order valence-electron chi connectivity index (χ4n) is 2.24. The lowest BCUT2D eigenvalue weighted by Crippen LogP contribution is -2.48. The minimum Gasteiger partial charge on any atom is -0.468 e. The summed E-state index contributed by atoms with van der Waals surface area (Å²) in [5.41, 5.74) is 0. The van der Waals surface area contributed by atoms with Crippen LogP contribution in [0.25, 0.3) is 0 Å². The van der Waals surface area contributed by atoms with Gasteiger partial charge in [-0.25, -0.2) is 4.98 Å². The summed E-state index contributed by atoms with van der Waals surface area (Å²) in [6, 6.07) is 0.179. The molecule has 0 spiro atoms. The molecule has 1 heterocycles. The number of rotatable bonds is 5. The molecule has 0 aromatic carbocycles. The molecule has 5 nitrogen and oxygen atoms in total. The van der Waals surface area contributed by atoms with Gasteiger partial charge in [-0.2, -0.15) is 0 Å². The number of hydrogen-bond acceptors (Lipinski definition) is 5. The van der Waals surface area contributed by atoms with Crippen molar-refractivity contribution in [2.24, 2.45) is 0 Å². The molecule has 1 fully saturated rings. The highest BCUT2D eigenvalue weighted by atomic mass is 16.5.